The molecule has 2 heterocycles. The van der Waals surface area contributed by atoms with Crippen molar-refractivity contribution in [2.24, 2.45) is 5.92 Å². The summed E-state index contributed by atoms with van der Waals surface area (Å²) < 4.78 is 27.7. The number of thiophene rings is 1. The predicted molar refractivity (Wildman–Crippen MR) is 121 cm³/mol. The number of carbonyl (C=O) groups excluding carboxylic acids is 1. The van der Waals surface area contributed by atoms with E-state index in [1.54, 1.807) is 6.07 Å². The minimum Gasteiger partial charge on any atom is -0.354 e. The number of benzene rings is 1. The number of sulfonamides is 1. The van der Waals surface area contributed by atoms with Crippen molar-refractivity contribution in [3.05, 3.63) is 52.4 Å². The molecule has 8 heteroatoms. The van der Waals surface area contributed by atoms with E-state index in [-0.39, 0.29) is 24.4 Å². The first-order valence-electron chi connectivity index (χ1n) is 10.3. The molecule has 164 valence electrons. The van der Waals surface area contributed by atoms with E-state index in [0.717, 1.165) is 10.4 Å². The molecule has 0 bridgehead atoms. The SMILES string of the molecule is Cc1ccc(C(CNC(=O)C2CCCN(S(=O)(=O)c3ccc(C)s3)C2)N(C)C)cc1. The zero-order valence-electron chi connectivity index (χ0n) is 18.1. The maximum atomic E-state index is 12.9. The molecule has 0 saturated carbocycles. The third-order valence-corrected chi connectivity index (χ3v) is 8.95. The molecule has 1 N–H and O–H groups in total. The second-order valence-corrected chi connectivity index (χ2v) is 11.7. The van der Waals surface area contributed by atoms with E-state index >= 15 is 0 Å². The van der Waals surface area contributed by atoms with Crippen LogP contribution in [0.4, 0.5) is 0 Å². The Kier molecular flexibility index (Phi) is 7.34. The van der Waals surface area contributed by atoms with Crippen molar-refractivity contribution in [3.8, 4) is 0 Å². The molecular weight excluding hydrogens is 418 g/mol. The highest BCUT2D eigenvalue weighted by atomic mass is 32.2. The maximum absolute atomic E-state index is 12.9. The smallest absolute Gasteiger partial charge is 0.252 e. The molecule has 6 nitrogen and oxygen atoms in total. The Morgan fingerprint density at radius 3 is 2.50 bits per heavy atom. The third kappa shape index (κ3) is 5.29. The quantitative estimate of drug-likeness (QED) is 0.705. The summed E-state index contributed by atoms with van der Waals surface area (Å²) in [4.78, 5) is 15.9. The van der Waals surface area contributed by atoms with Gasteiger partial charge >= 0.3 is 0 Å². The molecule has 1 fully saturated rings. The largest absolute Gasteiger partial charge is 0.354 e. The van der Waals surface area contributed by atoms with Gasteiger partial charge in [0.15, 0.2) is 0 Å². The standard InChI is InChI=1S/C22H31N3O3S2/c1-16-7-10-18(11-8-16)20(24(3)4)14-23-22(26)19-6-5-13-25(15-19)30(27,28)21-12-9-17(2)29-21/h7-12,19-20H,5-6,13-15H2,1-4H3,(H,23,26). The molecule has 1 aromatic heterocycles. The first-order chi connectivity index (χ1) is 14.2. The van der Waals surface area contributed by atoms with Gasteiger partial charge in [0.25, 0.3) is 10.0 Å². The highest BCUT2D eigenvalue weighted by Crippen LogP contribution is 2.28. The normalized spacial score (nSPS) is 19.0. The van der Waals surface area contributed by atoms with Gasteiger partial charge in [-0.05, 0) is 58.5 Å². The van der Waals surface area contributed by atoms with Crippen LogP contribution in [0, 0.1) is 19.8 Å². The van der Waals surface area contributed by atoms with Crippen LogP contribution in [0.15, 0.2) is 40.6 Å². The van der Waals surface area contributed by atoms with Crippen molar-refractivity contribution in [1.82, 2.24) is 14.5 Å². The number of hydrogen-bond donors (Lipinski definition) is 1. The maximum Gasteiger partial charge on any atom is 0.252 e. The van der Waals surface area contributed by atoms with Gasteiger partial charge in [-0.3, -0.25) is 4.79 Å². The van der Waals surface area contributed by atoms with Crippen LogP contribution < -0.4 is 5.32 Å². The van der Waals surface area contributed by atoms with Crippen LogP contribution in [-0.4, -0.2) is 57.3 Å². The molecule has 3 rings (SSSR count). The number of likely N-dealkylation sites (N-methyl/N-ethyl adjacent to an activating group) is 1. The lowest BCUT2D eigenvalue weighted by molar-refractivity contribution is -0.126. The number of nitrogens with one attached hydrogen (secondary N) is 1. The molecule has 1 aliphatic rings. The Labute approximate surface area is 183 Å². The van der Waals surface area contributed by atoms with E-state index in [1.165, 1.54) is 21.2 Å². The highest BCUT2D eigenvalue weighted by Gasteiger charge is 2.34. The van der Waals surface area contributed by atoms with Crippen molar-refractivity contribution in [2.75, 3.05) is 33.7 Å². The van der Waals surface area contributed by atoms with Crippen LogP contribution in [0.2, 0.25) is 0 Å². The number of nitrogens with zero attached hydrogens (tertiary/aromatic N) is 2. The van der Waals surface area contributed by atoms with Gasteiger partial charge in [-0.2, -0.15) is 4.31 Å². The average Bonchev–Trinajstić information content (AvgIpc) is 3.16. The number of rotatable bonds is 7. The molecule has 2 unspecified atom stereocenters. The molecule has 0 radical (unpaired) electrons. The van der Waals surface area contributed by atoms with Crippen molar-refractivity contribution in [2.45, 2.75) is 36.9 Å². The van der Waals surface area contributed by atoms with E-state index < -0.39 is 10.0 Å². The van der Waals surface area contributed by atoms with Crippen LogP contribution in [0.5, 0.6) is 0 Å². The van der Waals surface area contributed by atoms with E-state index in [0.29, 0.717) is 30.1 Å². The number of hydrogen-bond acceptors (Lipinski definition) is 5. The van der Waals surface area contributed by atoms with Crippen molar-refractivity contribution in [3.63, 3.8) is 0 Å². The Hall–Kier alpha value is -1.74. The van der Waals surface area contributed by atoms with Gasteiger partial charge in [-0.1, -0.05) is 29.8 Å². The Morgan fingerprint density at radius 2 is 1.90 bits per heavy atom. The molecular formula is C22H31N3O3S2. The van der Waals surface area contributed by atoms with E-state index in [1.807, 2.05) is 27.1 Å². The number of aryl methyl sites for hydroxylation is 2. The van der Waals surface area contributed by atoms with Gasteiger partial charge in [0.1, 0.15) is 4.21 Å². The average molecular weight is 450 g/mol. The molecule has 0 aliphatic carbocycles. The van der Waals surface area contributed by atoms with Gasteiger partial charge in [-0.15, -0.1) is 11.3 Å². The van der Waals surface area contributed by atoms with E-state index in [4.69, 9.17) is 0 Å². The molecule has 30 heavy (non-hydrogen) atoms. The molecule has 0 spiro atoms. The molecule has 2 aromatic rings. The van der Waals surface area contributed by atoms with Crippen LogP contribution in [-0.2, 0) is 14.8 Å². The molecule has 1 amide bonds. The number of amides is 1. The van der Waals surface area contributed by atoms with Crippen molar-refractivity contribution < 1.29 is 13.2 Å². The highest BCUT2D eigenvalue weighted by molar-refractivity contribution is 7.91. The van der Waals surface area contributed by atoms with Gasteiger partial charge in [-0.25, -0.2) is 8.42 Å². The van der Waals surface area contributed by atoms with Crippen LogP contribution in [0.25, 0.3) is 0 Å². The topological polar surface area (TPSA) is 69.7 Å². The summed E-state index contributed by atoms with van der Waals surface area (Å²) in [7, 11) is 0.454. The summed E-state index contributed by atoms with van der Waals surface area (Å²) in [5, 5.41) is 3.06. The zero-order chi connectivity index (χ0) is 21.9. The van der Waals surface area contributed by atoms with Gasteiger partial charge < -0.3 is 10.2 Å². The van der Waals surface area contributed by atoms with E-state index in [2.05, 4.69) is 41.4 Å². The minimum absolute atomic E-state index is 0.0621. The Balaban J connectivity index is 1.64. The summed E-state index contributed by atoms with van der Waals surface area (Å²) >= 11 is 1.28. The minimum atomic E-state index is -3.54. The van der Waals surface area contributed by atoms with Crippen LogP contribution >= 0.6 is 11.3 Å². The number of carbonyl (C=O) groups is 1. The molecule has 2 atom stereocenters. The summed E-state index contributed by atoms with van der Waals surface area (Å²) in [6.07, 6.45) is 1.40. The lowest BCUT2D eigenvalue weighted by Gasteiger charge is -2.32. The predicted octanol–water partition coefficient (Wildman–Crippen LogP) is 3.18. The fraction of sp³-hybridized carbons (Fsp3) is 0.500. The zero-order valence-corrected chi connectivity index (χ0v) is 19.7. The van der Waals surface area contributed by atoms with Crippen molar-refractivity contribution >= 4 is 27.3 Å². The first-order valence-corrected chi connectivity index (χ1v) is 12.5. The molecule has 1 saturated heterocycles. The second-order valence-electron chi connectivity index (χ2n) is 8.20. The summed E-state index contributed by atoms with van der Waals surface area (Å²) in [6, 6.07) is 11.9. The third-order valence-electron chi connectivity index (χ3n) is 5.62. The fourth-order valence-corrected chi connectivity index (χ4v) is 6.74. The summed E-state index contributed by atoms with van der Waals surface area (Å²) in [5.74, 6) is -0.397. The van der Waals surface area contributed by atoms with Crippen LogP contribution in [0.1, 0.15) is 34.9 Å². The van der Waals surface area contributed by atoms with Crippen LogP contribution in [0.3, 0.4) is 0 Å². The molecule has 1 aromatic carbocycles. The van der Waals surface area contributed by atoms with Gasteiger partial charge in [0, 0.05) is 24.5 Å². The van der Waals surface area contributed by atoms with Gasteiger partial charge in [0.2, 0.25) is 5.91 Å². The van der Waals surface area contributed by atoms with Gasteiger partial charge in [0.05, 0.1) is 12.0 Å². The summed E-state index contributed by atoms with van der Waals surface area (Å²) in [5.41, 5.74) is 2.34. The lowest BCUT2D eigenvalue weighted by Crippen LogP contribution is -2.46. The fourth-order valence-electron chi connectivity index (χ4n) is 3.78. The van der Waals surface area contributed by atoms with E-state index in [9.17, 15) is 13.2 Å². The monoisotopic (exact) mass is 449 g/mol. The molecule has 1 aliphatic heterocycles. The second kappa shape index (κ2) is 9.60. The Morgan fingerprint density at radius 1 is 1.20 bits per heavy atom. The first kappa shape index (κ1) is 22.9. The summed E-state index contributed by atoms with van der Waals surface area (Å²) in [6.45, 7) is 5.14. The number of piperidine rings is 1. The lowest BCUT2D eigenvalue weighted by atomic mass is 9.98. The van der Waals surface area contributed by atoms with Crippen molar-refractivity contribution in [1.29, 1.82) is 0 Å². The Bertz CT molecular complexity index is 968.